The molecule has 0 saturated heterocycles. The molecule has 0 aliphatic heterocycles. The Morgan fingerprint density at radius 1 is 0.929 bits per heavy atom. The molecule has 0 aliphatic carbocycles. The molecule has 5 heteroatoms. The molecule has 3 rings (SSSR count). The predicted molar refractivity (Wildman–Crippen MR) is 112 cm³/mol. The quantitative estimate of drug-likeness (QED) is 0.641. The van der Waals surface area contributed by atoms with Gasteiger partial charge in [0.05, 0.1) is 11.9 Å². The van der Waals surface area contributed by atoms with Crippen LogP contribution in [0.5, 0.6) is 5.75 Å². The lowest BCUT2D eigenvalue weighted by Gasteiger charge is -2.20. The van der Waals surface area contributed by atoms with Gasteiger partial charge in [-0.25, -0.2) is 4.98 Å². The number of aromatic nitrogens is 1. The van der Waals surface area contributed by atoms with E-state index in [9.17, 15) is 4.79 Å². The Morgan fingerprint density at radius 2 is 1.61 bits per heavy atom. The second-order valence-corrected chi connectivity index (χ2v) is 7.56. The maximum Gasteiger partial charge on any atom is 0.270 e. The molecule has 0 aliphatic rings. The summed E-state index contributed by atoms with van der Waals surface area (Å²) in [5.74, 6) is 0.626. The van der Waals surface area contributed by atoms with Crippen LogP contribution in [0.3, 0.4) is 0 Å². The van der Waals surface area contributed by atoms with Crippen molar-refractivity contribution < 1.29 is 9.53 Å². The molecule has 0 spiro atoms. The highest BCUT2D eigenvalue weighted by atomic mass is 16.5. The Balaban J connectivity index is 1.56. The third kappa shape index (κ3) is 5.84. The number of ether oxygens (including phenoxy) is 1. The minimum Gasteiger partial charge on any atom is -0.489 e. The van der Waals surface area contributed by atoms with Crippen molar-refractivity contribution >= 4 is 17.3 Å². The number of benzene rings is 2. The van der Waals surface area contributed by atoms with Crippen LogP contribution in [0, 0.1) is 0 Å². The zero-order valence-corrected chi connectivity index (χ0v) is 16.4. The second-order valence-electron chi connectivity index (χ2n) is 7.56. The number of hydrogen-bond acceptors (Lipinski definition) is 4. The molecule has 144 valence electrons. The van der Waals surface area contributed by atoms with Gasteiger partial charge < -0.3 is 15.4 Å². The molecule has 1 heterocycles. The van der Waals surface area contributed by atoms with Gasteiger partial charge in [-0.05, 0) is 62.7 Å². The standard InChI is InChI=1S/C23H25N3O2/c1-23(2,3)26-22(27)21-14-11-19(15-24-21)25-18-9-12-20(13-10-18)28-16-17-7-5-4-6-8-17/h4-15,25H,16H2,1-3H3,(H,26,27). The van der Waals surface area contributed by atoms with Gasteiger partial charge in [-0.1, -0.05) is 30.3 Å². The van der Waals surface area contributed by atoms with Crippen LogP contribution in [0.15, 0.2) is 72.9 Å². The summed E-state index contributed by atoms with van der Waals surface area (Å²) in [6.07, 6.45) is 1.65. The van der Waals surface area contributed by atoms with Gasteiger partial charge in [0, 0.05) is 11.2 Å². The highest BCUT2D eigenvalue weighted by Crippen LogP contribution is 2.20. The van der Waals surface area contributed by atoms with Crippen molar-refractivity contribution in [2.24, 2.45) is 0 Å². The maximum atomic E-state index is 12.1. The molecule has 2 aromatic carbocycles. The topological polar surface area (TPSA) is 63.2 Å². The number of pyridine rings is 1. The van der Waals surface area contributed by atoms with Crippen LogP contribution in [0.2, 0.25) is 0 Å². The lowest BCUT2D eigenvalue weighted by molar-refractivity contribution is 0.0914. The van der Waals surface area contributed by atoms with Gasteiger partial charge in [0.1, 0.15) is 18.1 Å². The van der Waals surface area contributed by atoms with Crippen molar-refractivity contribution in [3.8, 4) is 5.75 Å². The van der Waals surface area contributed by atoms with E-state index in [4.69, 9.17) is 4.74 Å². The van der Waals surface area contributed by atoms with E-state index in [1.165, 1.54) is 0 Å². The molecule has 28 heavy (non-hydrogen) atoms. The number of carbonyl (C=O) groups excluding carboxylic acids is 1. The molecule has 0 fully saturated rings. The van der Waals surface area contributed by atoms with Crippen LogP contribution >= 0.6 is 0 Å². The molecule has 0 unspecified atom stereocenters. The molecule has 0 saturated carbocycles. The summed E-state index contributed by atoms with van der Waals surface area (Å²) >= 11 is 0. The van der Waals surface area contributed by atoms with Gasteiger partial charge in [-0.15, -0.1) is 0 Å². The average Bonchev–Trinajstić information content (AvgIpc) is 2.67. The van der Waals surface area contributed by atoms with E-state index >= 15 is 0 Å². The SMILES string of the molecule is CC(C)(C)NC(=O)c1ccc(Nc2ccc(OCc3ccccc3)cc2)cn1. The van der Waals surface area contributed by atoms with Gasteiger partial charge in [0.25, 0.3) is 5.91 Å². The monoisotopic (exact) mass is 375 g/mol. The van der Waals surface area contributed by atoms with Crippen molar-refractivity contribution in [2.45, 2.75) is 32.9 Å². The van der Waals surface area contributed by atoms with Crippen molar-refractivity contribution in [3.05, 3.63) is 84.2 Å². The number of hydrogen-bond donors (Lipinski definition) is 2. The molecular weight excluding hydrogens is 350 g/mol. The van der Waals surface area contributed by atoms with Crippen molar-refractivity contribution in [3.63, 3.8) is 0 Å². The van der Waals surface area contributed by atoms with Gasteiger partial charge in [-0.2, -0.15) is 0 Å². The Labute approximate surface area is 165 Å². The summed E-state index contributed by atoms with van der Waals surface area (Å²) in [5.41, 5.74) is 2.96. The molecule has 5 nitrogen and oxygen atoms in total. The van der Waals surface area contributed by atoms with E-state index < -0.39 is 0 Å². The minimum atomic E-state index is -0.292. The van der Waals surface area contributed by atoms with E-state index in [-0.39, 0.29) is 11.4 Å². The predicted octanol–water partition coefficient (Wildman–Crippen LogP) is 4.93. The highest BCUT2D eigenvalue weighted by Gasteiger charge is 2.16. The van der Waals surface area contributed by atoms with Gasteiger partial charge >= 0.3 is 0 Å². The Kier molecular flexibility index (Phi) is 5.94. The highest BCUT2D eigenvalue weighted by molar-refractivity contribution is 5.92. The number of carbonyl (C=O) groups is 1. The second kappa shape index (κ2) is 8.57. The normalized spacial score (nSPS) is 11.0. The molecule has 0 bridgehead atoms. The first kappa shape index (κ1) is 19.4. The fraction of sp³-hybridized carbons (Fsp3) is 0.217. The van der Waals surface area contributed by atoms with Crippen molar-refractivity contribution in [2.75, 3.05) is 5.32 Å². The molecule has 2 N–H and O–H groups in total. The summed E-state index contributed by atoms with van der Waals surface area (Å²) in [6.45, 7) is 6.35. The third-order valence-corrected chi connectivity index (χ3v) is 3.88. The summed E-state index contributed by atoms with van der Waals surface area (Å²) in [4.78, 5) is 16.4. The molecule has 3 aromatic rings. The number of rotatable bonds is 6. The Bertz CT molecular complexity index is 899. The first-order valence-electron chi connectivity index (χ1n) is 9.21. The number of nitrogens with one attached hydrogen (secondary N) is 2. The summed E-state index contributed by atoms with van der Waals surface area (Å²) < 4.78 is 5.79. The van der Waals surface area contributed by atoms with Crippen LogP contribution in [-0.2, 0) is 6.61 Å². The van der Waals surface area contributed by atoms with E-state index in [1.807, 2.05) is 81.4 Å². The van der Waals surface area contributed by atoms with Crippen LogP contribution in [-0.4, -0.2) is 16.4 Å². The zero-order chi connectivity index (χ0) is 20.0. The van der Waals surface area contributed by atoms with E-state index in [2.05, 4.69) is 15.6 Å². The maximum absolute atomic E-state index is 12.1. The van der Waals surface area contributed by atoms with Gasteiger partial charge in [0.2, 0.25) is 0 Å². The van der Waals surface area contributed by atoms with Crippen LogP contribution in [0.1, 0.15) is 36.8 Å². The van der Waals surface area contributed by atoms with Crippen LogP contribution in [0.4, 0.5) is 11.4 Å². The number of amides is 1. The Hall–Kier alpha value is -3.34. The van der Waals surface area contributed by atoms with Crippen LogP contribution in [0.25, 0.3) is 0 Å². The fourth-order valence-corrected chi connectivity index (χ4v) is 2.55. The first-order chi connectivity index (χ1) is 13.4. The minimum absolute atomic E-state index is 0.182. The molecule has 0 radical (unpaired) electrons. The average molecular weight is 375 g/mol. The van der Waals surface area contributed by atoms with Crippen molar-refractivity contribution in [1.29, 1.82) is 0 Å². The smallest absolute Gasteiger partial charge is 0.270 e. The first-order valence-corrected chi connectivity index (χ1v) is 9.21. The third-order valence-electron chi connectivity index (χ3n) is 3.88. The zero-order valence-electron chi connectivity index (χ0n) is 16.4. The van der Waals surface area contributed by atoms with Gasteiger partial charge in [-0.3, -0.25) is 4.79 Å². The number of anilines is 2. The van der Waals surface area contributed by atoms with Gasteiger partial charge in [0.15, 0.2) is 0 Å². The number of nitrogens with zero attached hydrogens (tertiary/aromatic N) is 1. The molecule has 0 atom stereocenters. The lowest BCUT2D eigenvalue weighted by Crippen LogP contribution is -2.40. The summed E-state index contributed by atoms with van der Waals surface area (Å²) in [5, 5.41) is 6.17. The Morgan fingerprint density at radius 3 is 2.21 bits per heavy atom. The van der Waals surface area contributed by atoms with E-state index in [1.54, 1.807) is 12.3 Å². The molecular formula is C23H25N3O2. The molecule has 1 aromatic heterocycles. The van der Waals surface area contributed by atoms with Crippen LogP contribution < -0.4 is 15.4 Å². The molecule has 1 amide bonds. The lowest BCUT2D eigenvalue weighted by atomic mass is 10.1. The fourth-order valence-electron chi connectivity index (χ4n) is 2.55. The summed E-state index contributed by atoms with van der Waals surface area (Å²) in [7, 11) is 0. The summed E-state index contributed by atoms with van der Waals surface area (Å²) in [6, 6.07) is 21.3. The van der Waals surface area contributed by atoms with E-state index in [0.29, 0.717) is 12.3 Å². The van der Waals surface area contributed by atoms with Crippen molar-refractivity contribution in [1.82, 2.24) is 10.3 Å². The van der Waals surface area contributed by atoms with E-state index in [0.717, 1.165) is 22.7 Å². The largest absolute Gasteiger partial charge is 0.489 e.